The van der Waals surface area contributed by atoms with Gasteiger partial charge < -0.3 is 10.8 Å². The van der Waals surface area contributed by atoms with Gasteiger partial charge in [0.25, 0.3) is 0 Å². The summed E-state index contributed by atoms with van der Waals surface area (Å²) < 4.78 is 0. The van der Waals surface area contributed by atoms with Crippen molar-refractivity contribution >= 4 is 35.0 Å². The van der Waals surface area contributed by atoms with Crippen molar-refractivity contribution in [1.82, 2.24) is 0 Å². The zero-order valence-electron chi connectivity index (χ0n) is 9.04. The predicted octanol–water partition coefficient (Wildman–Crippen LogP) is 2.37. The molecule has 92 valence electrons. The molecule has 0 aliphatic heterocycles. The Kier molecular flexibility index (Phi) is 4.14. The Morgan fingerprint density at radius 1 is 1.35 bits per heavy atom. The average Bonchev–Trinajstić information content (AvgIpc) is 2.21. The fourth-order valence-electron chi connectivity index (χ4n) is 1.18. The third kappa shape index (κ3) is 3.43. The largest absolute Gasteiger partial charge is 0.480 e. The standard InChI is InChI=1S/C11H11Cl2NO3/c1-11(14,10(16)17)5-9(15)6-2-3-7(12)8(13)4-6/h2-4H,5,14H2,1H3,(H,16,17). The van der Waals surface area contributed by atoms with Crippen LogP contribution in [0.15, 0.2) is 18.2 Å². The molecule has 0 saturated carbocycles. The zero-order valence-corrected chi connectivity index (χ0v) is 10.5. The van der Waals surface area contributed by atoms with Crippen LogP contribution in [0.2, 0.25) is 10.0 Å². The topological polar surface area (TPSA) is 80.4 Å². The molecule has 1 unspecified atom stereocenters. The number of benzene rings is 1. The van der Waals surface area contributed by atoms with Crippen LogP contribution < -0.4 is 5.73 Å². The van der Waals surface area contributed by atoms with Crippen molar-refractivity contribution in [2.24, 2.45) is 5.73 Å². The summed E-state index contributed by atoms with van der Waals surface area (Å²) in [5, 5.41) is 9.38. The van der Waals surface area contributed by atoms with Gasteiger partial charge in [-0.05, 0) is 25.1 Å². The normalized spacial score (nSPS) is 14.1. The first-order valence-electron chi connectivity index (χ1n) is 4.74. The number of carboxylic acid groups (broad SMARTS) is 1. The van der Waals surface area contributed by atoms with Crippen LogP contribution in [0.25, 0.3) is 0 Å². The van der Waals surface area contributed by atoms with Crippen molar-refractivity contribution in [3.8, 4) is 0 Å². The molecule has 1 aromatic rings. The molecule has 0 aromatic heterocycles. The molecule has 0 bridgehead atoms. The summed E-state index contributed by atoms with van der Waals surface area (Å²) in [6.45, 7) is 1.28. The maximum absolute atomic E-state index is 11.8. The van der Waals surface area contributed by atoms with Gasteiger partial charge in [-0.2, -0.15) is 0 Å². The van der Waals surface area contributed by atoms with Crippen molar-refractivity contribution in [1.29, 1.82) is 0 Å². The molecule has 1 atom stereocenters. The van der Waals surface area contributed by atoms with E-state index >= 15 is 0 Å². The Balaban J connectivity index is 2.91. The van der Waals surface area contributed by atoms with Gasteiger partial charge in [-0.15, -0.1) is 0 Å². The molecule has 1 aromatic carbocycles. The lowest BCUT2D eigenvalue weighted by atomic mass is 9.93. The molecule has 0 amide bonds. The Labute approximate surface area is 108 Å². The number of carboxylic acids is 1. The van der Waals surface area contributed by atoms with Crippen molar-refractivity contribution in [3.05, 3.63) is 33.8 Å². The summed E-state index contributed by atoms with van der Waals surface area (Å²) in [6, 6.07) is 4.35. The van der Waals surface area contributed by atoms with Crippen LogP contribution in [-0.2, 0) is 4.79 Å². The van der Waals surface area contributed by atoms with Crippen LogP contribution in [-0.4, -0.2) is 22.4 Å². The number of aliphatic carboxylic acids is 1. The molecule has 0 heterocycles. The van der Waals surface area contributed by atoms with Gasteiger partial charge in [0.2, 0.25) is 0 Å². The molecule has 0 saturated heterocycles. The zero-order chi connectivity index (χ0) is 13.2. The average molecular weight is 276 g/mol. The van der Waals surface area contributed by atoms with E-state index in [4.69, 9.17) is 34.0 Å². The van der Waals surface area contributed by atoms with E-state index in [-0.39, 0.29) is 17.0 Å². The lowest BCUT2D eigenvalue weighted by Gasteiger charge is -2.17. The number of hydrogen-bond acceptors (Lipinski definition) is 3. The van der Waals surface area contributed by atoms with Gasteiger partial charge >= 0.3 is 5.97 Å². The van der Waals surface area contributed by atoms with E-state index in [9.17, 15) is 9.59 Å². The molecule has 0 fully saturated rings. The molecule has 0 spiro atoms. The SMILES string of the molecule is CC(N)(CC(=O)c1ccc(Cl)c(Cl)c1)C(=O)O. The van der Waals surface area contributed by atoms with Gasteiger partial charge in [-0.25, -0.2) is 0 Å². The van der Waals surface area contributed by atoms with Gasteiger partial charge in [-0.1, -0.05) is 23.2 Å². The van der Waals surface area contributed by atoms with Crippen molar-refractivity contribution in [2.45, 2.75) is 18.9 Å². The first-order chi connectivity index (χ1) is 7.74. The van der Waals surface area contributed by atoms with Gasteiger partial charge in [0.1, 0.15) is 5.54 Å². The van der Waals surface area contributed by atoms with Crippen molar-refractivity contribution in [3.63, 3.8) is 0 Å². The number of Topliss-reactive ketones (excluding diaryl/α,β-unsaturated/α-hetero) is 1. The number of ketones is 1. The van der Waals surface area contributed by atoms with Gasteiger partial charge in [0.15, 0.2) is 5.78 Å². The highest BCUT2D eigenvalue weighted by atomic mass is 35.5. The second-order valence-corrected chi connectivity index (χ2v) is 4.77. The number of carbonyl (C=O) groups is 2. The van der Waals surface area contributed by atoms with Gasteiger partial charge in [-0.3, -0.25) is 9.59 Å². The molecule has 0 aliphatic rings. The number of carbonyl (C=O) groups excluding carboxylic acids is 1. The highest BCUT2D eigenvalue weighted by molar-refractivity contribution is 6.42. The third-order valence-electron chi connectivity index (χ3n) is 2.26. The van der Waals surface area contributed by atoms with Gasteiger partial charge in [0.05, 0.1) is 10.0 Å². The van der Waals surface area contributed by atoms with Gasteiger partial charge in [0, 0.05) is 12.0 Å². The quantitative estimate of drug-likeness (QED) is 0.827. The van der Waals surface area contributed by atoms with Crippen LogP contribution in [0, 0.1) is 0 Å². The van der Waals surface area contributed by atoms with Crippen LogP contribution in [0.1, 0.15) is 23.7 Å². The van der Waals surface area contributed by atoms with E-state index in [1.54, 1.807) is 0 Å². The molecular weight excluding hydrogens is 265 g/mol. The summed E-state index contributed by atoms with van der Waals surface area (Å²) in [5.41, 5.74) is 4.18. The number of hydrogen-bond donors (Lipinski definition) is 2. The minimum atomic E-state index is -1.59. The first-order valence-corrected chi connectivity index (χ1v) is 5.50. The second-order valence-electron chi connectivity index (χ2n) is 3.95. The highest BCUT2D eigenvalue weighted by Gasteiger charge is 2.31. The molecule has 17 heavy (non-hydrogen) atoms. The van der Waals surface area contributed by atoms with Crippen LogP contribution >= 0.6 is 23.2 Å². The summed E-state index contributed by atoms with van der Waals surface area (Å²) in [6.07, 6.45) is -0.305. The Hall–Kier alpha value is -1.10. The van der Waals surface area contributed by atoms with Crippen molar-refractivity contribution in [2.75, 3.05) is 0 Å². The second kappa shape index (κ2) is 5.04. The van der Waals surface area contributed by atoms with E-state index in [1.807, 2.05) is 0 Å². The summed E-state index contributed by atoms with van der Waals surface area (Å²) >= 11 is 11.5. The van der Waals surface area contributed by atoms with Crippen LogP contribution in [0.3, 0.4) is 0 Å². The molecule has 4 nitrogen and oxygen atoms in total. The fourth-order valence-corrected chi connectivity index (χ4v) is 1.48. The molecule has 3 N–H and O–H groups in total. The summed E-state index contributed by atoms with van der Waals surface area (Å²) in [7, 11) is 0. The van der Waals surface area contributed by atoms with Crippen LogP contribution in [0.5, 0.6) is 0 Å². The summed E-state index contributed by atoms with van der Waals surface area (Å²) in [4.78, 5) is 22.6. The number of rotatable bonds is 4. The third-order valence-corrected chi connectivity index (χ3v) is 3.00. The van der Waals surface area contributed by atoms with E-state index < -0.39 is 17.3 Å². The minimum absolute atomic E-state index is 0.242. The molecular formula is C11H11Cl2NO3. The maximum Gasteiger partial charge on any atom is 0.323 e. The van der Waals surface area contributed by atoms with Crippen LogP contribution in [0.4, 0.5) is 0 Å². The van der Waals surface area contributed by atoms with E-state index in [1.165, 1.54) is 25.1 Å². The highest BCUT2D eigenvalue weighted by Crippen LogP contribution is 2.24. The molecule has 0 radical (unpaired) electrons. The maximum atomic E-state index is 11.8. The smallest absolute Gasteiger partial charge is 0.323 e. The molecule has 0 aliphatic carbocycles. The number of nitrogens with two attached hydrogens (primary N) is 1. The fraction of sp³-hybridized carbons (Fsp3) is 0.273. The van der Waals surface area contributed by atoms with E-state index in [0.717, 1.165) is 0 Å². The molecule has 1 rings (SSSR count). The summed E-state index contributed by atoms with van der Waals surface area (Å²) in [5.74, 6) is -1.62. The lowest BCUT2D eigenvalue weighted by Crippen LogP contribution is -2.46. The molecule has 6 heteroatoms. The Morgan fingerprint density at radius 2 is 1.94 bits per heavy atom. The van der Waals surface area contributed by atoms with E-state index in [2.05, 4.69) is 0 Å². The minimum Gasteiger partial charge on any atom is -0.480 e. The first kappa shape index (κ1) is 14.0. The van der Waals surface area contributed by atoms with Crippen molar-refractivity contribution < 1.29 is 14.7 Å². The lowest BCUT2D eigenvalue weighted by molar-refractivity contribution is -0.142. The monoisotopic (exact) mass is 275 g/mol. The Morgan fingerprint density at radius 3 is 2.41 bits per heavy atom. The van der Waals surface area contributed by atoms with E-state index in [0.29, 0.717) is 5.02 Å². The number of halogens is 2. The predicted molar refractivity (Wildman–Crippen MR) is 65.6 cm³/mol. The Bertz CT molecular complexity index is 472.